The number of hydrogen-bond donors (Lipinski definition) is 0. The van der Waals surface area contributed by atoms with Crippen LogP contribution in [-0.2, 0) is 9.53 Å². The number of aryl methyl sites for hydroxylation is 2. The first-order valence-corrected chi connectivity index (χ1v) is 10.1. The summed E-state index contributed by atoms with van der Waals surface area (Å²) in [7, 11) is 0. The Morgan fingerprint density at radius 3 is 2.33 bits per heavy atom. The van der Waals surface area contributed by atoms with Gasteiger partial charge in [-0.15, -0.1) is 0 Å². The van der Waals surface area contributed by atoms with E-state index in [1.165, 1.54) is 6.08 Å². The number of ketones is 1. The molecule has 0 saturated carbocycles. The summed E-state index contributed by atoms with van der Waals surface area (Å²) in [6, 6.07) is 14.8. The highest BCUT2D eigenvalue weighted by Gasteiger charge is 2.18. The van der Waals surface area contributed by atoms with Gasteiger partial charge in [0.25, 0.3) is 0 Å². The standard InChI is InChI=1S/C24H21Cl2NO3/c1-15-4-6-18(7-5-15)8-11-24(29)30-14-23(28)20-12-16(2)27(17(20)3)19-9-10-21(25)22(26)13-19/h4-13H,14H2,1-3H3. The molecule has 1 heterocycles. The summed E-state index contributed by atoms with van der Waals surface area (Å²) in [4.78, 5) is 24.6. The van der Waals surface area contributed by atoms with Crippen molar-refractivity contribution in [1.82, 2.24) is 4.57 Å². The monoisotopic (exact) mass is 441 g/mol. The summed E-state index contributed by atoms with van der Waals surface area (Å²) in [5.41, 5.74) is 4.92. The SMILES string of the molecule is Cc1ccc(C=CC(=O)OCC(=O)c2cc(C)n(-c3ccc(Cl)c(Cl)c3)c2C)cc1. The lowest BCUT2D eigenvalue weighted by Crippen LogP contribution is -2.13. The molecule has 0 N–H and O–H groups in total. The fourth-order valence-corrected chi connectivity index (χ4v) is 3.46. The minimum absolute atomic E-state index is 0.272. The van der Waals surface area contributed by atoms with Gasteiger partial charge in [0.1, 0.15) is 0 Å². The molecule has 3 rings (SSSR count). The van der Waals surface area contributed by atoms with E-state index in [9.17, 15) is 9.59 Å². The molecule has 1 aromatic heterocycles. The van der Waals surface area contributed by atoms with E-state index in [-0.39, 0.29) is 12.4 Å². The third-order valence-corrected chi connectivity index (χ3v) is 5.47. The maximum atomic E-state index is 12.6. The van der Waals surface area contributed by atoms with Gasteiger partial charge in [-0.2, -0.15) is 0 Å². The number of aromatic nitrogens is 1. The molecule has 2 aromatic carbocycles. The van der Waals surface area contributed by atoms with Gasteiger partial charge in [0.2, 0.25) is 5.78 Å². The zero-order chi connectivity index (χ0) is 21.8. The van der Waals surface area contributed by atoms with Crippen molar-refractivity contribution in [2.24, 2.45) is 0 Å². The van der Waals surface area contributed by atoms with E-state index in [4.69, 9.17) is 27.9 Å². The van der Waals surface area contributed by atoms with E-state index < -0.39 is 5.97 Å². The van der Waals surface area contributed by atoms with Gasteiger partial charge in [-0.1, -0.05) is 53.0 Å². The van der Waals surface area contributed by atoms with Gasteiger partial charge in [-0.25, -0.2) is 4.79 Å². The summed E-state index contributed by atoms with van der Waals surface area (Å²) in [5.74, 6) is -0.839. The summed E-state index contributed by atoms with van der Waals surface area (Å²) in [5, 5.41) is 0.897. The zero-order valence-electron chi connectivity index (χ0n) is 16.9. The molecule has 0 aliphatic heterocycles. The molecule has 4 nitrogen and oxygen atoms in total. The Labute approximate surface area is 185 Å². The molecule has 0 aliphatic carbocycles. The van der Waals surface area contributed by atoms with Crippen LogP contribution < -0.4 is 0 Å². The van der Waals surface area contributed by atoms with E-state index in [0.717, 1.165) is 28.2 Å². The lowest BCUT2D eigenvalue weighted by Gasteiger charge is -2.11. The number of carbonyl (C=O) groups is 2. The molecule has 0 bridgehead atoms. The highest BCUT2D eigenvalue weighted by Crippen LogP contribution is 2.27. The highest BCUT2D eigenvalue weighted by atomic mass is 35.5. The molecule has 0 fully saturated rings. The molecule has 3 aromatic rings. The molecule has 0 radical (unpaired) electrons. The third kappa shape index (κ3) is 5.02. The molecule has 0 spiro atoms. The summed E-state index contributed by atoms with van der Waals surface area (Å²) in [6.07, 6.45) is 2.97. The molecule has 154 valence electrons. The second kappa shape index (κ2) is 9.33. The number of rotatable bonds is 6. The first kappa shape index (κ1) is 21.9. The minimum atomic E-state index is -0.567. The van der Waals surface area contributed by atoms with Crippen molar-refractivity contribution in [3.8, 4) is 5.69 Å². The number of halogens is 2. The van der Waals surface area contributed by atoms with Crippen LogP contribution in [0.2, 0.25) is 10.0 Å². The van der Waals surface area contributed by atoms with Gasteiger partial charge in [-0.05, 0) is 56.7 Å². The zero-order valence-corrected chi connectivity index (χ0v) is 18.4. The molecule has 0 unspecified atom stereocenters. The Kier molecular flexibility index (Phi) is 6.80. The number of benzene rings is 2. The number of carbonyl (C=O) groups excluding carboxylic acids is 2. The number of esters is 1. The van der Waals surface area contributed by atoms with Crippen molar-refractivity contribution in [2.75, 3.05) is 6.61 Å². The van der Waals surface area contributed by atoms with Crippen LogP contribution in [0.25, 0.3) is 11.8 Å². The maximum Gasteiger partial charge on any atom is 0.331 e. The Hall–Kier alpha value is -2.82. The van der Waals surface area contributed by atoms with Crippen LogP contribution in [0.15, 0.2) is 54.6 Å². The van der Waals surface area contributed by atoms with Crippen molar-refractivity contribution in [3.63, 3.8) is 0 Å². The van der Waals surface area contributed by atoms with E-state index in [1.54, 1.807) is 24.3 Å². The summed E-state index contributed by atoms with van der Waals surface area (Å²) in [6.45, 7) is 5.39. The van der Waals surface area contributed by atoms with Crippen LogP contribution in [0, 0.1) is 20.8 Å². The highest BCUT2D eigenvalue weighted by molar-refractivity contribution is 6.42. The molecule has 0 aliphatic rings. The van der Waals surface area contributed by atoms with E-state index in [2.05, 4.69) is 0 Å². The quantitative estimate of drug-likeness (QED) is 0.261. The predicted octanol–water partition coefficient (Wildman–Crippen LogP) is 6.15. The Morgan fingerprint density at radius 1 is 0.967 bits per heavy atom. The van der Waals surface area contributed by atoms with Gasteiger partial charge in [0, 0.05) is 28.7 Å². The third-order valence-electron chi connectivity index (χ3n) is 4.73. The van der Waals surface area contributed by atoms with Crippen molar-refractivity contribution in [3.05, 3.63) is 92.7 Å². The molecule has 6 heteroatoms. The van der Waals surface area contributed by atoms with Crippen LogP contribution in [0.1, 0.15) is 32.9 Å². The van der Waals surface area contributed by atoms with Crippen molar-refractivity contribution in [2.45, 2.75) is 20.8 Å². The average Bonchev–Trinajstić information content (AvgIpc) is 3.02. The molecule has 0 saturated heterocycles. The topological polar surface area (TPSA) is 48.3 Å². The molecule has 0 amide bonds. The van der Waals surface area contributed by atoms with E-state index in [0.29, 0.717) is 15.6 Å². The molecular weight excluding hydrogens is 421 g/mol. The van der Waals surface area contributed by atoms with E-state index in [1.807, 2.05) is 55.7 Å². The second-order valence-corrected chi connectivity index (χ2v) is 7.81. The van der Waals surface area contributed by atoms with Gasteiger partial charge in [0.05, 0.1) is 10.0 Å². The Morgan fingerprint density at radius 2 is 1.67 bits per heavy atom. The van der Waals surface area contributed by atoms with Gasteiger partial charge < -0.3 is 9.30 Å². The minimum Gasteiger partial charge on any atom is -0.454 e. The Balaban J connectivity index is 1.69. The van der Waals surface area contributed by atoms with Gasteiger partial charge in [-0.3, -0.25) is 4.79 Å². The maximum absolute atomic E-state index is 12.6. The van der Waals surface area contributed by atoms with Gasteiger partial charge in [0.15, 0.2) is 6.61 Å². The first-order valence-electron chi connectivity index (χ1n) is 9.35. The lowest BCUT2D eigenvalue weighted by atomic mass is 10.1. The van der Waals surface area contributed by atoms with Crippen molar-refractivity contribution in [1.29, 1.82) is 0 Å². The number of hydrogen-bond acceptors (Lipinski definition) is 3. The fraction of sp³-hybridized carbons (Fsp3) is 0.167. The largest absolute Gasteiger partial charge is 0.454 e. The molecule has 0 atom stereocenters. The van der Waals surface area contributed by atoms with Crippen LogP contribution >= 0.6 is 23.2 Å². The summed E-state index contributed by atoms with van der Waals surface area (Å²) < 4.78 is 7.04. The number of nitrogens with zero attached hydrogens (tertiary/aromatic N) is 1. The average molecular weight is 442 g/mol. The second-order valence-electron chi connectivity index (χ2n) is 6.99. The van der Waals surface area contributed by atoms with Crippen LogP contribution in [-0.4, -0.2) is 22.9 Å². The summed E-state index contributed by atoms with van der Waals surface area (Å²) >= 11 is 12.1. The predicted molar refractivity (Wildman–Crippen MR) is 121 cm³/mol. The fourth-order valence-electron chi connectivity index (χ4n) is 3.17. The Bertz CT molecular complexity index is 1130. The molecular formula is C24H21Cl2NO3. The number of Topliss-reactive ketones (excluding diaryl/α,β-unsaturated/α-hetero) is 1. The van der Waals surface area contributed by atoms with E-state index >= 15 is 0 Å². The van der Waals surface area contributed by atoms with Crippen LogP contribution in [0.5, 0.6) is 0 Å². The first-order chi connectivity index (χ1) is 14.3. The van der Waals surface area contributed by atoms with Crippen LogP contribution in [0.3, 0.4) is 0 Å². The number of ether oxygens (including phenoxy) is 1. The normalized spacial score (nSPS) is 11.1. The lowest BCUT2D eigenvalue weighted by molar-refractivity contribution is -0.136. The van der Waals surface area contributed by atoms with Crippen LogP contribution in [0.4, 0.5) is 0 Å². The van der Waals surface area contributed by atoms with Crippen molar-refractivity contribution >= 4 is 41.0 Å². The van der Waals surface area contributed by atoms with Gasteiger partial charge >= 0.3 is 5.97 Å². The smallest absolute Gasteiger partial charge is 0.331 e. The molecule has 30 heavy (non-hydrogen) atoms. The van der Waals surface area contributed by atoms with Crippen molar-refractivity contribution < 1.29 is 14.3 Å².